The minimum absolute atomic E-state index is 0.0353. The lowest BCUT2D eigenvalue weighted by Crippen LogP contribution is -2.41. The maximum Gasteiger partial charge on any atom is 0.223 e. The third kappa shape index (κ3) is 5.16. The highest BCUT2D eigenvalue weighted by Crippen LogP contribution is 2.23. The standard InChI is InChI=1S/C24H27NO3/c1-18(26)22(24(28)21-10-6-3-7-11-21)17-23(27)25-14-12-20(13-15-25)16-19-8-4-2-5-9-19/h2-11,20,22H,12-17H2,1H3/t22-/m0/s1. The molecule has 1 atom stereocenters. The lowest BCUT2D eigenvalue weighted by Gasteiger charge is -2.32. The van der Waals surface area contributed by atoms with Crippen LogP contribution in [0, 0.1) is 11.8 Å². The first-order chi connectivity index (χ1) is 13.5. The van der Waals surface area contributed by atoms with Gasteiger partial charge in [0.2, 0.25) is 5.91 Å². The predicted molar refractivity (Wildman–Crippen MR) is 109 cm³/mol. The molecule has 1 aliphatic rings. The van der Waals surface area contributed by atoms with Crippen LogP contribution in [0.3, 0.4) is 0 Å². The number of nitrogens with zero attached hydrogens (tertiary/aromatic N) is 1. The van der Waals surface area contributed by atoms with Crippen molar-refractivity contribution in [3.8, 4) is 0 Å². The molecule has 2 aromatic carbocycles. The molecule has 0 saturated carbocycles. The first kappa shape index (κ1) is 20.0. The Morgan fingerprint density at radius 3 is 2.07 bits per heavy atom. The largest absolute Gasteiger partial charge is 0.343 e. The van der Waals surface area contributed by atoms with Crippen LogP contribution in [-0.2, 0) is 16.0 Å². The Labute approximate surface area is 166 Å². The van der Waals surface area contributed by atoms with Gasteiger partial charge in [0.15, 0.2) is 5.78 Å². The number of ketones is 2. The average Bonchev–Trinajstić information content (AvgIpc) is 2.73. The van der Waals surface area contributed by atoms with Gasteiger partial charge >= 0.3 is 0 Å². The maximum absolute atomic E-state index is 12.7. The van der Waals surface area contributed by atoms with Crippen molar-refractivity contribution in [2.24, 2.45) is 11.8 Å². The van der Waals surface area contributed by atoms with Gasteiger partial charge in [-0.3, -0.25) is 14.4 Å². The highest BCUT2D eigenvalue weighted by atomic mass is 16.2. The molecular formula is C24H27NO3. The number of carbonyl (C=O) groups excluding carboxylic acids is 3. The van der Waals surface area contributed by atoms with E-state index in [1.54, 1.807) is 24.3 Å². The van der Waals surface area contributed by atoms with Gasteiger partial charge in [-0.1, -0.05) is 60.7 Å². The maximum atomic E-state index is 12.7. The van der Waals surface area contributed by atoms with Crippen LogP contribution < -0.4 is 0 Å². The summed E-state index contributed by atoms with van der Waals surface area (Å²) in [7, 11) is 0. The summed E-state index contributed by atoms with van der Waals surface area (Å²) < 4.78 is 0. The van der Waals surface area contributed by atoms with Crippen LogP contribution in [-0.4, -0.2) is 35.5 Å². The minimum Gasteiger partial charge on any atom is -0.343 e. The Bertz CT molecular complexity index is 808. The van der Waals surface area contributed by atoms with Crippen LogP contribution in [0.1, 0.15) is 42.1 Å². The van der Waals surface area contributed by atoms with Crippen molar-refractivity contribution in [3.63, 3.8) is 0 Å². The SMILES string of the molecule is CC(=O)[C@H](CC(=O)N1CCC(Cc2ccccc2)CC1)C(=O)c1ccccc1. The second kappa shape index (κ2) is 9.45. The average molecular weight is 377 g/mol. The van der Waals surface area contributed by atoms with Crippen LogP contribution >= 0.6 is 0 Å². The van der Waals surface area contributed by atoms with Crippen molar-refractivity contribution in [2.75, 3.05) is 13.1 Å². The van der Waals surface area contributed by atoms with E-state index in [0.717, 1.165) is 19.3 Å². The van der Waals surface area contributed by atoms with E-state index in [1.165, 1.54) is 12.5 Å². The predicted octanol–water partition coefficient (Wildman–Crippen LogP) is 3.95. The van der Waals surface area contributed by atoms with Gasteiger partial charge in [0, 0.05) is 25.1 Å². The molecule has 146 valence electrons. The molecule has 0 spiro atoms. The molecule has 1 heterocycles. The first-order valence-corrected chi connectivity index (χ1v) is 9.96. The lowest BCUT2D eigenvalue weighted by molar-refractivity contribution is -0.135. The van der Waals surface area contributed by atoms with Gasteiger partial charge in [-0.05, 0) is 37.7 Å². The number of hydrogen-bond acceptors (Lipinski definition) is 3. The fraction of sp³-hybridized carbons (Fsp3) is 0.375. The molecular weight excluding hydrogens is 350 g/mol. The van der Waals surface area contributed by atoms with Crippen molar-refractivity contribution >= 4 is 17.5 Å². The van der Waals surface area contributed by atoms with E-state index in [9.17, 15) is 14.4 Å². The van der Waals surface area contributed by atoms with E-state index in [4.69, 9.17) is 0 Å². The number of carbonyl (C=O) groups is 3. The number of Topliss-reactive ketones (excluding diaryl/α,β-unsaturated/α-hetero) is 2. The van der Waals surface area contributed by atoms with Gasteiger partial charge in [-0.25, -0.2) is 0 Å². The van der Waals surface area contributed by atoms with E-state index >= 15 is 0 Å². The first-order valence-electron chi connectivity index (χ1n) is 9.96. The van der Waals surface area contributed by atoms with Crippen LogP contribution in [0.2, 0.25) is 0 Å². The number of hydrogen-bond donors (Lipinski definition) is 0. The second-order valence-corrected chi connectivity index (χ2v) is 7.61. The molecule has 28 heavy (non-hydrogen) atoms. The molecule has 2 aromatic rings. The Morgan fingerprint density at radius 2 is 1.50 bits per heavy atom. The lowest BCUT2D eigenvalue weighted by atomic mass is 9.88. The van der Waals surface area contributed by atoms with Gasteiger partial charge in [0.05, 0.1) is 5.92 Å². The molecule has 1 amide bonds. The number of piperidine rings is 1. The summed E-state index contributed by atoms with van der Waals surface area (Å²) in [5, 5.41) is 0. The van der Waals surface area contributed by atoms with Crippen LogP contribution in [0.5, 0.6) is 0 Å². The number of benzene rings is 2. The Morgan fingerprint density at radius 1 is 0.929 bits per heavy atom. The highest BCUT2D eigenvalue weighted by Gasteiger charge is 2.30. The summed E-state index contributed by atoms with van der Waals surface area (Å²) in [6, 6.07) is 19.2. The number of amides is 1. The molecule has 1 fully saturated rings. The molecule has 1 aliphatic heterocycles. The zero-order valence-corrected chi connectivity index (χ0v) is 16.3. The molecule has 4 nitrogen and oxygen atoms in total. The van der Waals surface area contributed by atoms with Gasteiger partial charge < -0.3 is 4.90 Å². The molecule has 0 aliphatic carbocycles. The Balaban J connectivity index is 1.55. The Hall–Kier alpha value is -2.75. The van der Waals surface area contributed by atoms with E-state index in [0.29, 0.717) is 24.6 Å². The molecule has 0 N–H and O–H groups in total. The van der Waals surface area contributed by atoms with E-state index < -0.39 is 5.92 Å². The third-order valence-electron chi connectivity index (χ3n) is 5.58. The van der Waals surface area contributed by atoms with E-state index in [2.05, 4.69) is 24.3 Å². The van der Waals surface area contributed by atoms with Gasteiger partial charge in [-0.15, -0.1) is 0 Å². The smallest absolute Gasteiger partial charge is 0.223 e. The highest BCUT2D eigenvalue weighted by molar-refractivity contribution is 6.11. The quantitative estimate of drug-likeness (QED) is 0.542. The number of likely N-dealkylation sites (tertiary alicyclic amines) is 1. The second-order valence-electron chi connectivity index (χ2n) is 7.61. The number of rotatable bonds is 7. The van der Waals surface area contributed by atoms with Crippen LogP contribution in [0.4, 0.5) is 0 Å². The van der Waals surface area contributed by atoms with Crippen molar-refractivity contribution in [1.29, 1.82) is 0 Å². The summed E-state index contributed by atoms with van der Waals surface area (Å²) in [4.78, 5) is 39.3. The summed E-state index contributed by atoms with van der Waals surface area (Å²) in [5.74, 6) is -0.929. The molecule has 0 bridgehead atoms. The van der Waals surface area contributed by atoms with Gasteiger partial charge in [0.25, 0.3) is 0 Å². The van der Waals surface area contributed by atoms with Crippen LogP contribution in [0.25, 0.3) is 0 Å². The van der Waals surface area contributed by atoms with Gasteiger partial charge in [0.1, 0.15) is 5.78 Å². The molecule has 1 saturated heterocycles. The van der Waals surface area contributed by atoms with Crippen molar-refractivity contribution in [2.45, 2.75) is 32.6 Å². The summed E-state index contributed by atoms with van der Waals surface area (Å²) in [6.45, 7) is 2.78. The topological polar surface area (TPSA) is 54.5 Å². The fourth-order valence-electron chi connectivity index (χ4n) is 3.86. The minimum atomic E-state index is -0.892. The van der Waals surface area contributed by atoms with Crippen molar-refractivity contribution in [3.05, 3.63) is 71.8 Å². The van der Waals surface area contributed by atoms with E-state index in [-0.39, 0.29) is 23.9 Å². The zero-order valence-electron chi connectivity index (χ0n) is 16.3. The van der Waals surface area contributed by atoms with E-state index in [1.807, 2.05) is 17.0 Å². The molecule has 0 aromatic heterocycles. The molecule has 0 unspecified atom stereocenters. The summed E-state index contributed by atoms with van der Waals surface area (Å²) in [6.07, 6.45) is 2.91. The van der Waals surface area contributed by atoms with Crippen LogP contribution in [0.15, 0.2) is 60.7 Å². The van der Waals surface area contributed by atoms with Crippen molar-refractivity contribution in [1.82, 2.24) is 4.90 Å². The Kier molecular flexibility index (Phi) is 6.75. The normalized spacial score (nSPS) is 15.8. The third-order valence-corrected chi connectivity index (χ3v) is 5.58. The fourth-order valence-corrected chi connectivity index (χ4v) is 3.86. The summed E-state index contributed by atoms with van der Waals surface area (Å²) >= 11 is 0. The molecule has 0 radical (unpaired) electrons. The molecule has 3 rings (SSSR count). The van der Waals surface area contributed by atoms with Crippen molar-refractivity contribution < 1.29 is 14.4 Å². The monoisotopic (exact) mass is 377 g/mol. The zero-order chi connectivity index (χ0) is 19.9. The molecule has 4 heteroatoms. The summed E-state index contributed by atoms with van der Waals surface area (Å²) in [5.41, 5.74) is 1.81. The van der Waals surface area contributed by atoms with Gasteiger partial charge in [-0.2, -0.15) is 0 Å².